The third-order valence-electron chi connectivity index (χ3n) is 4.75. The molecule has 0 unspecified atom stereocenters. The van der Waals surface area contributed by atoms with Crippen molar-refractivity contribution in [3.8, 4) is 11.1 Å². The van der Waals surface area contributed by atoms with E-state index in [1.165, 1.54) is 4.57 Å². The Hall–Kier alpha value is -2.54. The number of hydrogen-bond donors (Lipinski definition) is 0. The van der Waals surface area contributed by atoms with Gasteiger partial charge in [-0.1, -0.05) is 0 Å². The fourth-order valence-corrected chi connectivity index (χ4v) is 3.33. The Morgan fingerprint density at radius 1 is 1.21 bits per heavy atom. The topological polar surface area (TPSA) is 81.3 Å². The highest BCUT2D eigenvalue weighted by Gasteiger charge is 2.28. The van der Waals surface area contributed by atoms with Gasteiger partial charge in [-0.3, -0.25) is 19.9 Å². The van der Waals surface area contributed by atoms with E-state index in [1.807, 2.05) is 6.07 Å². The molecule has 1 aliphatic rings. The van der Waals surface area contributed by atoms with Gasteiger partial charge in [-0.05, 0) is 56.7 Å². The smallest absolute Gasteiger partial charge is 0.310 e. The summed E-state index contributed by atoms with van der Waals surface area (Å²) in [6, 6.07) is 5.20. The quantitative estimate of drug-likeness (QED) is 0.637. The van der Waals surface area contributed by atoms with E-state index in [-0.39, 0.29) is 11.6 Å². The van der Waals surface area contributed by atoms with E-state index in [9.17, 15) is 14.9 Å². The van der Waals surface area contributed by atoms with Crippen molar-refractivity contribution >= 4 is 5.69 Å². The SMILES string of the molecule is CN1CCC(c2cc(-c3ccncc3)c([N+](=O)[O-])c(=O)n2C)CC1. The second-order valence-electron chi connectivity index (χ2n) is 6.27. The molecule has 0 radical (unpaired) electrons. The molecule has 7 nitrogen and oxygen atoms in total. The van der Waals surface area contributed by atoms with E-state index < -0.39 is 10.5 Å². The lowest BCUT2D eigenvalue weighted by Crippen LogP contribution is -2.32. The van der Waals surface area contributed by atoms with E-state index in [2.05, 4.69) is 16.9 Å². The van der Waals surface area contributed by atoms with Gasteiger partial charge in [0, 0.05) is 31.1 Å². The molecule has 0 aliphatic carbocycles. The van der Waals surface area contributed by atoms with E-state index >= 15 is 0 Å². The molecule has 2 aromatic rings. The van der Waals surface area contributed by atoms with Crippen molar-refractivity contribution in [3.05, 3.63) is 56.8 Å². The van der Waals surface area contributed by atoms with Gasteiger partial charge in [0.25, 0.3) is 0 Å². The summed E-state index contributed by atoms with van der Waals surface area (Å²) in [7, 11) is 3.70. The lowest BCUT2D eigenvalue weighted by molar-refractivity contribution is -0.385. The van der Waals surface area contributed by atoms with Crippen LogP contribution in [0.1, 0.15) is 24.5 Å². The molecule has 3 rings (SSSR count). The van der Waals surface area contributed by atoms with Gasteiger partial charge < -0.3 is 9.47 Å². The van der Waals surface area contributed by atoms with Crippen LogP contribution in [0.4, 0.5) is 5.69 Å². The van der Waals surface area contributed by atoms with Gasteiger partial charge in [0.1, 0.15) is 0 Å². The van der Waals surface area contributed by atoms with Crippen LogP contribution in [0, 0.1) is 10.1 Å². The van der Waals surface area contributed by atoms with Crippen LogP contribution in [0.2, 0.25) is 0 Å². The van der Waals surface area contributed by atoms with Crippen LogP contribution in [-0.4, -0.2) is 39.5 Å². The monoisotopic (exact) mass is 328 g/mol. The van der Waals surface area contributed by atoms with Gasteiger partial charge >= 0.3 is 11.2 Å². The molecule has 0 spiro atoms. The molecule has 126 valence electrons. The Labute approximate surface area is 139 Å². The zero-order chi connectivity index (χ0) is 17.3. The Morgan fingerprint density at radius 3 is 2.42 bits per heavy atom. The summed E-state index contributed by atoms with van der Waals surface area (Å²) in [5, 5.41) is 11.5. The van der Waals surface area contributed by atoms with Crippen LogP contribution < -0.4 is 5.56 Å². The van der Waals surface area contributed by atoms with E-state index in [1.54, 1.807) is 31.6 Å². The van der Waals surface area contributed by atoms with Gasteiger partial charge in [0.05, 0.1) is 10.5 Å². The molecule has 7 heteroatoms. The average molecular weight is 328 g/mol. The normalized spacial score (nSPS) is 16.2. The lowest BCUT2D eigenvalue weighted by Gasteiger charge is -2.30. The molecule has 0 bridgehead atoms. The van der Waals surface area contributed by atoms with Gasteiger partial charge in [0.2, 0.25) is 0 Å². The summed E-state index contributed by atoms with van der Waals surface area (Å²) < 4.78 is 1.44. The first-order chi connectivity index (χ1) is 11.5. The highest BCUT2D eigenvalue weighted by atomic mass is 16.6. The van der Waals surface area contributed by atoms with Crippen LogP contribution in [0.5, 0.6) is 0 Å². The third kappa shape index (κ3) is 2.94. The highest BCUT2D eigenvalue weighted by molar-refractivity contribution is 5.73. The number of aromatic nitrogens is 2. The minimum absolute atomic E-state index is 0.236. The predicted octanol–water partition coefficient (Wildman–Crippen LogP) is 2.16. The van der Waals surface area contributed by atoms with Gasteiger partial charge in [0.15, 0.2) is 0 Å². The Kier molecular flexibility index (Phi) is 4.44. The molecule has 0 amide bonds. The van der Waals surface area contributed by atoms with E-state index in [0.29, 0.717) is 11.1 Å². The minimum atomic E-state index is -0.587. The van der Waals surface area contributed by atoms with Crippen LogP contribution in [0.15, 0.2) is 35.4 Å². The summed E-state index contributed by atoms with van der Waals surface area (Å²) in [4.78, 5) is 29.7. The van der Waals surface area contributed by atoms with Crippen molar-refractivity contribution in [2.45, 2.75) is 18.8 Å². The number of hydrogen-bond acceptors (Lipinski definition) is 5. The molecular weight excluding hydrogens is 308 g/mol. The first kappa shape index (κ1) is 16.3. The number of likely N-dealkylation sites (tertiary alicyclic amines) is 1. The van der Waals surface area contributed by atoms with Crippen molar-refractivity contribution in [2.24, 2.45) is 7.05 Å². The molecular formula is C17H20N4O3. The van der Waals surface area contributed by atoms with E-state index in [4.69, 9.17) is 0 Å². The standard InChI is InChI=1S/C17H20N4O3/c1-19-9-5-13(6-10-19)15-11-14(12-3-7-18-8-4-12)16(21(23)24)17(22)20(15)2/h3-4,7-8,11,13H,5-6,9-10H2,1-2H3. The summed E-state index contributed by atoms with van der Waals surface area (Å²) in [5.41, 5.74) is 0.956. The fraction of sp³-hybridized carbons (Fsp3) is 0.412. The highest BCUT2D eigenvalue weighted by Crippen LogP contribution is 2.33. The number of piperidine rings is 1. The summed E-state index contributed by atoms with van der Waals surface area (Å²) in [6.45, 7) is 1.92. The van der Waals surface area contributed by atoms with Gasteiger partial charge in [-0.2, -0.15) is 0 Å². The van der Waals surface area contributed by atoms with Crippen molar-refractivity contribution in [2.75, 3.05) is 20.1 Å². The third-order valence-corrected chi connectivity index (χ3v) is 4.75. The number of rotatable bonds is 3. The fourth-order valence-electron chi connectivity index (χ4n) is 3.33. The largest absolute Gasteiger partial charge is 0.341 e. The van der Waals surface area contributed by atoms with Crippen LogP contribution in [0.3, 0.4) is 0 Å². The second-order valence-corrected chi connectivity index (χ2v) is 6.27. The van der Waals surface area contributed by atoms with Crippen molar-refractivity contribution in [1.29, 1.82) is 0 Å². The van der Waals surface area contributed by atoms with Crippen molar-refractivity contribution < 1.29 is 4.92 Å². The molecule has 2 aromatic heterocycles. The predicted molar refractivity (Wildman–Crippen MR) is 91.0 cm³/mol. The maximum atomic E-state index is 12.6. The molecule has 3 heterocycles. The van der Waals surface area contributed by atoms with Crippen LogP contribution >= 0.6 is 0 Å². The Bertz CT molecular complexity index is 809. The number of nitrogens with zero attached hydrogens (tertiary/aromatic N) is 4. The van der Waals surface area contributed by atoms with Crippen molar-refractivity contribution in [3.63, 3.8) is 0 Å². The van der Waals surface area contributed by atoms with E-state index in [0.717, 1.165) is 31.6 Å². The first-order valence-corrected chi connectivity index (χ1v) is 7.96. The Balaban J connectivity index is 2.17. The molecule has 0 saturated carbocycles. The molecule has 1 fully saturated rings. The van der Waals surface area contributed by atoms with Crippen LogP contribution in [-0.2, 0) is 7.05 Å². The van der Waals surface area contributed by atoms with Crippen LogP contribution in [0.25, 0.3) is 11.1 Å². The molecule has 1 aliphatic heterocycles. The summed E-state index contributed by atoms with van der Waals surface area (Å²) >= 11 is 0. The first-order valence-electron chi connectivity index (χ1n) is 7.96. The second kappa shape index (κ2) is 6.52. The van der Waals surface area contributed by atoms with Gasteiger partial charge in [-0.15, -0.1) is 0 Å². The number of nitro groups is 1. The lowest BCUT2D eigenvalue weighted by atomic mass is 9.91. The maximum Gasteiger partial charge on any atom is 0.341 e. The summed E-state index contributed by atoms with van der Waals surface area (Å²) in [6.07, 6.45) is 5.03. The zero-order valence-electron chi connectivity index (χ0n) is 13.8. The van der Waals surface area contributed by atoms with Gasteiger partial charge in [-0.25, -0.2) is 0 Å². The minimum Gasteiger partial charge on any atom is -0.310 e. The summed E-state index contributed by atoms with van der Waals surface area (Å²) in [5.74, 6) is 0.236. The zero-order valence-corrected chi connectivity index (χ0v) is 13.8. The molecule has 1 saturated heterocycles. The average Bonchev–Trinajstić information content (AvgIpc) is 2.58. The van der Waals surface area contributed by atoms with Crippen molar-refractivity contribution in [1.82, 2.24) is 14.5 Å². The molecule has 0 aromatic carbocycles. The molecule has 0 atom stereocenters. The number of pyridine rings is 2. The Morgan fingerprint density at radius 2 is 1.83 bits per heavy atom. The molecule has 24 heavy (non-hydrogen) atoms. The maximum absolute atomic E-state index is 12.6. The molecule has 0 N–H and O–H groups in total.